The van der Waals surface area contributed by atoms with Crippen LogP contribution >= 0.6 is 0 Å². The van der Waals surface area contributed by atoms with E-state index in [1.54, 1.807) is 0 Å². The Morgan fingerprint density at radius 1 is 1.53 bits per heavy atom. The van der Waals surface area contributed by atoms with Gasteiger partial charge in [-0.25, -0.2) is 0 Å². The molecule has 2 N–H and O–H groups in total. The van der Waals surface area contributed by atoms with E-state index in [-0.39, 0.29) is 6.42 Å². The molecular formula is C12H15NO2. The normalized spacial score (nSPS) is 15.0. The van der Waals surface area contributed by atoms with E-state index in [1.807, 2.05) is 25.1 Å². The van der Waals surface area contributed by atoms with Gasteiger partial charge in [0.05, 0.1) is 6.42 Å². The fourth-order valence-corrected chi connectivity index (χ4v) is 1.62. The number of aliphatic carboxylic acids is 1. The van der Waals surface area contributed by atoms with Gasteiger partial charge in [0.25, 0.3) is 0 Å². The standard InChI is InChI=1S/C12H15NO2/c1-8-6-9(7-12(14)15)2-5-11(8)13-10-3-4-10/h2,5-6,10,13H,3-4,7H2,1H3,(H,14,15). The minimum Gasteiger partial charge on any atom is -0.481 e. The van der Waals surface area contributed by atoms with Gasteiger partial charge in [0, 0.05) is 11.7 Å². The Morgan fingerprint density at radius 2 is 2.27 bits per heavy atom. The Balaban J connectivity index is 2.10. The van der Waals surface area contributed by atoms with Crippen molar-refractivity contribution in [3.63, 3.8) is 0 Å². The molecule has 0 heterocycles. The van der Waals surface area contributed by atoms with Gasteiger partial charge in [-0.15, -0.1) is 0 Å². The molecule has 1 aliphatic carbocycles. The van der Waals surface area contributed by atoms with Crippen LogP contribution in [-0.4, -0.2) is 17.1 Å². The Labute approximate surface area is 89.1 Å². The SMILES string of the molecule is Cc1cc(CC(=O)O)ccc1NC1CC1. The average molecular weight is 205 g/mol. The molecule has 0 unspecified atom stereocenters. The maximum atomic E-state index is 10.5. The predicted octanol–water partition coefficient (Wildman–Crippen LogP) is 2.20. The van der Waals surface area contributed by atoms with E-state index < -0.39 is 5.97 Å². The van der Waals surface area contributed by atoms with Gasteiger partial charge in [0.1, 0.15) is 0 Å². The molecule has 0 aliphatic heterocycles. The van der Waals surface area contributed by atoms with Gasteiger partial charge in [0.15, 0.2) is 0 Å². The summed E-state index contributed by atoms with van der Waals surface area (Å²) in [5.74, 6) is -0.780. The van der Waals surface area contributed by atoms with Crippen LogP contribution in [0.2, 0.25) is 0 Å². The molecule has 80 valence electrons. The number of rotatable bonds is 4. The smallest absolute Gasteiger partial charge is 0.307 e. The number of anilines is 1. The van der Waals surface area contributed by atoms with Crippen LogP contribution in [0.25, 0.3) is 0 Å². The molecular weight excluding hydrogens is 190 g/mol. The van der Waals surface area contributed by atoms with Crippen LogP contribution in [-0.2, 0) is 11.2 Å². The molecule has 1 fully saturated rings. The maximum Gasteiger partial charge on any atom is 0.307 e. The first kappa shape index (κ1) is 10.0. The van der Waals surface area contributed by atoms with Gasteiger partial charge in [0.2, 0.25) is 0 Å². The van der Waals surface area contributed by atoms with Crippen molar-refractivity contribution in [3.05, 3.63) is 29.3 Å². The third kappa shape index (κ3) is 2.72. The van der Waals surface area contributed by atoms with Crippen LogP contribution < -0.4 is 5.32 Å². The number of carboxylic acid groups (broad SMARTS) is 1. The van der Waals surface area contributed by atoms with Crippen molar-refractivity contribution in [1.29, 1.82) is 0 Å². The number of carbonyl (C=O) groups is 1. The van der Waals surface area contributed by atoms with Crippen molar-refractivity contribution in [2.45, 2.75) is 32.2 Å². The summed E-state index contributed by atoms with van der Waals surface area (Å²) >= 11 is 0. The van der Waals surface area contributed by atoms with Crippen LogP contribution in [0, 0.1) is 6.92 Å². The van der Waals surface area contributed by atoms with E-state index >= 15 is 0 Å². The van der Waals surface area contributed by atoms with Gasteiger partial charge in [-0.3, -0.25) is 4.79 Å². The summed E-state index contributed by atoms with van der Waals surface area (Å²) in [6.45, 7) is 2.01. The molecule has 0 spiro atoms. The van der Waals surface area contributed by atoms with Crippen LogP contribution in [0.4, 0.5) is 5.69 Å². The van der Waals surface area contributed by atoms with E-state index in [0.717, 1.165) is 16.8 Å². The van der Waals surface area contributed by atoms with Crippen molar-refractivity contribution in [3.8, 4) is 0 Å². The third-order valence-electron chi connectivity index (χ3n) is 2.58. The molecule has 0 bridgehead atoms. The summed E-state index contributed by atoms with van der Waals surface area (Å²) in [6, 6.07) is 6.44. The van der Waals surface area contributed by atoms with Crippen molar-refractivity contribution in [2.75, 3.05) is 5.32 Å². The summed E-state index contributed by atoms with van der Waals surface area (Å²) in [5.41, 5.74) is 3.12. The average Bonchev–Trinajstić information content (AvgIpc) is 2.92. The molecule has 0 radical (unpaired) electrons. The quantitative estimate of drug-likeness (QED) is 0.792. The molecule has 3 heteroatoms. The number of benzene rings is 1. The molecule has 0 aromatic heterocycles. The van der Waals surface area contributed by atoms with E-state index in [2.05, 4.69) is 5.32 Å². The highest BCUT2D eigenvalue weighted by atomic mass is 16.4. The topological polar surface area (TPSA) is 49.3 Å². The van der Waals surface area contributed by atoms with Gasteiger partial charge < -0.3 is 10.4 Å². The number of hydrogen-bond donors (Lipinski definition) is 2. The van der Waals surface area contributed by atoms with Crippen LogP contribution in [0.15, 0.2) is 18.2 Å². The first-order chi connectivity index (χ1) is 7.15. The Bertz CT molecular complexity index is 383. The lowest BCUT2D eigenvalue weighted by atomic mass is 10.1. The zero-order valence-electron chi connectivity index (χ0n) is 8.79. The highest BCUT2D eigenvalue weighted by molar-refractivity contribution is 5.70. The van der Waals surface area contributed by atoms with Gasteiger partial charge >= 0.3 is 5.97 Å². The summed E-state index contributed by atoms with van der Waals surface area (Å²) < 4.78 is 0. The van der Waals surface area contributed by atoms with E-state index in [4.69, 9.17) is 5.11 Å². The van der Waals surface area contributed by atoms with E-state index in [9.17, 15) is 4.79 Å². The number of aryl methyl sites for hydroxylation is 1. The lowest BCUT2D eigenvalue weighted by Crippen LogP contribution is -2.04. The van der Waals surface area contributed by atoms with Crippen molar-refractivity contribution in [1.82, 2.24) is 0 Å². The van der Waals surface area contributed by atoms with Crippen LogP contribution in [0.1, 0.15) is 24.0 Å². The highest BCUT2D eigenvalue weighted by Crippen LogP contribution is 2.26. The minimum absolute atomic E-state index is 0.102. The second kappa shape index (κ2) is 3.93. The Kier molecular flexibility index (Phi) is 2.62. The molecule has 3 nitrogen and oxygen atoms in total. The van der Waals surface area contributed by atoms with Gasteiger partial charge in [-0.1, -0.05) is 12.1 Å². The van der Waals surface area contributed by atoms with E-state index in [0.29, 0.717) is 6.04 Å². The monoisotopic (exact) mass is 205 g/mol. The molecule has 1 aliphatic rings. The predicted molar refractivity (Wildman–Crippen MR) is 59.2 cm³/mol. The van der Waals surface area contributed by atoms with Crippen LogP contribution in [0.5, 0.6) is 0 Å². The van der Waals surface area contributed by atoms with Gasteiger partial charge in [-0.2, -0.15) is 0 Å². The summed E-state index contributed by atoms with van der Waals surface area (Å²) in [7, 11) is 0. The first-order valence-corrected chi connectivity index (χ1v) is 5.23. The fraction of sp³-hybridized carbons (Fsp3) is 0.417. The highest BCUT2D eigenvalue weighted by Gasteiger charge is 2.21. The van der Waals surface area contributed by atoms with Gasteiger partial charge in [-0.05, 0) is 37.0 Å². The number of carboxylic acids is 1. The second-order valence-corrected chi connectivity index (χ2v) is 4.14. The lowest BCUT2D eigenvalue weighted by Gasteiger charge is -2.09. The summed E-state index contributed by atoms with van der Waals surface area (Å²) in [6.07, 6.45) is 2.59. The Morgan fingerprint density at radius 3 is 2.80 bits per heavy atom. The third-order valence-corrected chi connectivity index (χ3v) is 2.58. The molecule has 2 rings (SSSR count). The summed E-state index contributed by atoms with van der Waals surface area (Å²) in [5, 5.41) is 12.1. The number of hydrogen-bond acceptors (Lipinski definition) is 2. The van der Waals surface area contributed by atoms with Crippen molar-refractivity contribution >= 4 is 11.7 Å². The van der Waals surface area contributed by atoms with Crippen molar-refractivity contribution < 1.29 is 9.90 Å². The maximum absolute atomic E-state index is 10.5. The molecule has 15 heavy (non-hydrogen) atoms. The molecule has 0 saturated heterocycles. The fourth-order valence-electron chi connectivity index (χ4n) is 1.62. The molecule has 1 saturated carbocycles. The van der Waals surface area contributed by atoms with E-state index in [1.165, 1.54) is 12.8 Å². The van der Waals surface area contributed by atoms with Crippen LogP contribution in [0.3, 0.4) is 0 Å². The lowest BCUT2D eigenvalue weighted by molar-refractivity contribution is -0.136. The molecule has 1 aromatic carbocycles. The van der Waals surface area contributed by atoms with Crippen molar-refractivity contribution in [2.24, 2.45) is 0 Å². The summed E-state index contributed by atoms with van der Waals surface area (Å²) in [4.78, 5) is 10.5. The second-order valence-electron chi connectivity index (χ2n) is 4.14. The zero-order chi connectivity index (χ0) is 10.8. The first-order valence-electron chi connectivity index (χ1n) is 5.23. The minimum atomic E-state index is -0.780. The number of nitrogens with one attached hydrogen (secondary N) is 1. The Hall–Kier alpha value is -1.51. The molecule has 0 atom stereocenters. The zero-order valence-corrected chi connectivity index (χ0v) is 8.79. The molecule has 0 amide bonds. The molecule has 1 aromatic rings. The largest absolute Gasteiger partial charge is 0.481 e.